The normalized spacial score (nSPS) is 9.67. The molecule has 0 fully saturated rings. The van der Waals surface area contributed by atoms with Crippen molar-refractivity contribution < 1.29 is 14.5 Å². The molecule has 2 N–H and O–H groups in total. The standard InChI is InChI=1S/C9H10N2O4/c1-15-8-3-2-6(5-9(10)12)4-7(8)11(13)14/h2-4H,5H2,1H3,(H2,10,12). The highest BCUT2D eigenvalue weighted by molar-refractivity contribution is 5.77. The summed E-state index contributed by atoms with van der Waals surface area (Å²) in [5.41, 5.74) is 5.31. The Morgan fingerprint density at radius 1 is 1.60 bits per heavy atom. The summed E-state index contributed by atoms with van der Waals surface area (Å²) in [6.07, 6.45) is -0.0230. The molecule has 0 radical (unpaired) electrons. The molecule has 0 bridgehead atoms. The first kappa shape index (κ1) is 11.0. The monoisotopic (exact) mass is 210 g/mol. The Hall–Kier alpha value is -2.11. The first-order valence-electron chi connectivity index (χ1n) is 4.14. The van der Waals surface area contributed by atoms with Crippen molar-refractivity contribution in [3.8, 4) is 5.75 Å². The van der Waals surface area contributed by atoms with E-state index in [0.29, 0.717) is 5.56 Å². The van der Waals surface area contributed by atoms with Crippen LogP contribution >= 0.6 is 0 Å². The molecular formula is C9H10N2O4. The third-order valence-electron chi connectivity index (χ3n) is 1.82. The summed E-state index contributed by atoms with van der Waals surface area (Å²) in [4.78, 5) is 20.7. The van der Waals surface area contributed by atoms with E-state index in [-0.39, 0.29) is 17.9 Å². The highest BCUT2D eigenvalue weighted by Gasteiger charge is 2.15. The van der Waals surface area contributed by atoms with Crippen molar-refractivity contribution >= 4 is 11.6 Å². The zero-order valence-corrected chi connectivity index (χ0v) is 8.10. The molecule has 0 heterocycles. The van der Waals surface area contributed by atoms with Crippen molar-refractivity contribution in [1.29, 1.82) is 0 Å². The number of ether oxygens (including phenoxy) is 1. The molecule has 0 unspecified atom stereocenters. The molecule has 0 saturated carbocycles. The van der Waals surface area contributed by atoms with Gasteiger partial charge in [-0.25, -0.2) is 0 Å². The summed E-state index contributed by atoms with van der Waals surface area (Å²) in [6, 6.07) is 4.29. The molecule has 6 heteroatoms. The van der Waals surface area contributed by atoms with Gasteiger partial charge in [-0.05, 0) is 11.6 Å². The summed E-state index contributed by atoms with van der Waals surface area (Å²) in [6.45, 7) is 0. The maximum absolute atomic E-state index is 10.6. The van der Waals surface area contributed by atoms with Gasteiger partial charge in [-0.3, -0.25) is 14.9 Å². The van der Waals surface area contributed by atoms with Crippen molar-refractivity contribution in [2.45, 2.75) is 6.42 Å². The van der Waals surface area contributed by atoms with Gasteiger partial charge in [0.15, 0.2) is 5.75 Å². The number of nitrogens with zero attached hydrogens (tertiary/aromatic N) is 1. The van der Waals surface area contributed by atoms with Gasteiger partial charge in [0.2, 0.25) is 5.91 Å². The van der Waals surface area contributed by atoms with E-state index in [1.54, 1.807) is 6.07 Å². The molecule has 0 aliphatic rings. The zero-order chi connectivity index (χ0) is 11.4. The second kappa shape index (κ2) is 4.41. The molecule has 1 aromatic rings. The average molecular weight is 210 g/mol. The Bertz CT molecular complexity index is 403. The van der Waals surface area contributed by atoms with Crippen LogP contribution in [0.4, 0.5) is 5.69 Å². The van der Waals surface area contributed by atoms with Gasteiger partial charge in [0.05, 0.1) is 18.5 Å². The minimum Gasteiger partial charge on any atom is -0.490 e. The molecule has 1 amide bonds. The Balaban J connectivity index is 3.10. The van der Waals surface area contributed by atoms with Crippen molar-refractivity contribution in [3.05, 3.63) is 33.9 Å². The van der Waals surface area contributed by atoms with Crippen LogP contribution in [0.15, 0.2) is 18.2 Å². The zero-order valence-electron chi connectivity index (χ0n) is 8.10. The number of nitro groups is 1. The molecule has 0 spiro atoms. The maximum Gasteiger partial charge on any atom is 0.311 e. The number of carbonyl (C=O) groups is 1. The Labute approximate surface area is 85.8 Å². The van der Waals surface area contributed by atoms with E-state index in [0.717, 1.165) is 0 Å². The van der Waals surface area contributed by atoms with Crippen LogP contribution in [0.2, 0.25) is 0 Å². The number of primary amides is 1. The number of hydrogen-bond acceptors (Lipinski definition) is 4. The second-order valence-corrected chi connectivity index (χ2v) is 2.91. The van der Waals surface area contributed by atoms with E-state index < -0.39 is 10.8 Å². The lowest BCUT2D eigenvalue weighted by atomic mass is 10.1. The second-order valence-electron chi connectivity index (χ2n) is 2.91. The topological polar surface area (TPSA) is 95.5 Å². The summed E-state index contributed by atoms with van der Waals surface area (Å²) in [7, 11) is 1.34. The smallest absolute Gasteiger partial charge is 0.311 e. The fourth-order valence-electron chi connectivity index (χ4n) is 1.19. The van der Waals surface area contributed by atoms with Gasteiger partial charge in [-0.15, -0.1) is 0 Å². The van der Waals surface area contributed by atoms with Crippen LogP contribution in [0.5, 0.6) is 5.75 Å². The van der Waals surface area contributed by atoms with E-state index >= 15 is 0 Å². The van der Waals surface area contributed by atoms with Crippen molar-refractivity contribution in [3.63, 3.8) is 0 Å². The molecule has 0 aliphatic heterocycles. The average Bonchev–Trinajstić information content (AvgIpc) is 2.16. The lowest BCUT2D eigenvalue weighted by Crippen LogP contribution is -2.13. The van der Waals surface area contributed by atoms with Gasteiger partial charge in [0, 0.05) is 6.07 Å². The molecule has 0 atom stereocenters. The molecule has 0 aromatic heterocycles. The fraction of sp³-hybridized carbons (Fsp3) is 0.222. The Morgan fingerprint density at radius 2 is 2.27 bits per heavy atom. The van der Waals surface area contributed by atoms with E-state index in [4.69, 9.17) is 10.5 Å². The Kier molecular flexibility index (Phi) is 3.22. The first-order valence-corrected chi connectivity index (χ1v) is 4.14. The fourth-order valence-corrected chi connectivity index (χ4v) is 1.19. The highest BCUT2D eigenvalue weighted by atomic mass is 16.6. The van der Waals surface area contributed by atoms with Gasteiger partial charge >= 0.3 is 5.69 Å². The highest BCUT2D eigenvalue weighted by Crippen LogP contribution is 2.27. The quantitative estimate of drug-likeness (QED) is 0.582. The number of carbonyl (C=O) groups excluding carboxylic acids is 1. The van der Waals surface area contributed by atoms with E-state index in [1.165, 1.54) is 19.2 Å². The van der Waals surface area contributed by atoms with Crippen LogP contribution in [0.1, 0.15) is 5.56 Å². The summed E-state index contributed by atoms with van der Waals surface area (Å²) in [5.74, 6) is -0.373. The SMILES string of the molecule is COc1ccc(CC(N)=O)cc1[N+](=O)[O-]. The number of hydrogen-bond donors (Lipinski definition) is 1. The third-order valence-corrected chi connectivity index (χ3v) is 1.82. The van der Waals surface area contributed by atoms with Crippen molar-refractivity contribution in [2.24, 2.45) is 5.73 Å². The Morgan fingerprint density at radius 3 is 2.73 bits per heavy atom. The van der Waals surface area contributed by atoms with E-state index in [1.807, 2.05) is 0 Å². The minimum atomic E-state index is -0.566. The van der Waals surface area contributed by atoms with Crippen LogP contribution < -0.4 is 10.5 Å². The number of benzene rings is 1. The van der Waals surface area contributed by atoms with E-state index in [9.17, 15) is 14.9 Å². The summed E-state index contributed by atoms with van der Waals surface area (Å²) in [5, 5.41) is 10.6. The molecule has 0 aliphatic carbocycles. The predicted molar refractivity (Wildman–Crippen MR) is 52.5 cm³/mol. The van der Waals surface area contributed by atoms with Crippen LogP contribution in [0.3, 0.4) is 0 Å². The predicted octanol–water partition coefficient (Wildman–Crippen LogP) is 0.631. The molecule has 1 aromatic carbocycles. The minimum absolute atomic E-state index is 0.0230. The molecule has 15 heavy (non-hydrogen) atoms. The van der Waals surface area contributed by atoms with Crippen LogP contribution in [-0.2, 0) is 11.2 Å². The van der Waals surface area contributed by atoms with Gasteiger partial charge in [0.25, 0.3) is 0 Å². The van der Waals surface area contributed by atoms with Gasteiger partial charge in [-0.1, -0.05) is 6.07 Å². The van der Waals surface area contributed by atoms with Crippen LogP contribution in [0.25, 0.3) is 0 Å². The largest absolute Gasteiger partial charge is 0.490 e. The third kappa shape index (κ3) is 2.67. The molecular weight excluding hydrogens is 200 g/mol. The first-order chi connectivity index (χ1) is 7.04. The summed E-state index contributed by atoms with van der Waals surface area (Å²) < 4.78 is 4.81. The maximum atomic E-state index is 10.6. The van der Waals surface area contributed by atoms with Gasteiger partial charge in [-0.2, -0.15) is 0 Å². The molecule has 0 saturated heterocycles. The lowest BCUT2D eigenvalue weighted by Gasteiger charge is -2.03. The molecule has 80 valence electrons. The number of rotatable bonds is 4. The lowest BCUT2D eigenvalue weighted by molar-refractivity contribution is -0.385. The van der Waals surface area contributed by atoms with Gasteiger partial charge in [0.1, 0.15) is 0 Å². The van der Waals surface area contributed by atoms with E-state index in [2.05, 4.69) is 0 Å². The van der Waals surface area contributed by atoms with Crippen LogP contribution in [-0.4, -0.2) is 17.9 Å². The number of amides is 1. The van der Waals surface area contributed by atoms with Crippen LogP contribution in [0, 0.1) is 10.1 Å². The molecule has 1 rings (SSSR count). The van der Waals surface area contributed by atoms with Gasteiger partial charge < -0.3 is 10.5 Å². The number of nitro benzene ring substituents is 1. The van der Waals surface area contributed by atoms with Crippen molar-refractivity contribution in [1.82, 2.24) is 0 Å². The molecule has 6 nitrogen and oxygen atoms in total. The number of methoxy groups -OCH3 is 1. The number of nitrogens with two attached hydrogens (primary N) is 1. The van der Waals surface area contributed by atoms with Crippen molar-refractivity contribution in [2.75, 3.05) is 7.11 Å². The summed E-state index contributed by atoms with van der Waals surface area (Å²) >= 11 is 0.